The molecule has 5 heterocycles. The second-order valence-electron chi connectivity index (χ2n) is 15.6. The number of hydrogen-bond acceptors (Lipinski definition) is 9. The molecule has 8 rings (SSSR count). The molecule has 0 spiro atoms. The molecule has 1 fully saturated rings. The van der Waals surface area contributed by atoms with Crippen LogP contribution in [0.5, 0.6) is 0 Å². The van der Waals surface area contributed by atoms with Crippen LogP contribution in [0.15, 0.2) is 79.1 Å². The average Bonchev–Trinajstić information content (AvgIpc) is 4.05. The van der Waals surface area contributed by atoms with Crippen LogP contribution in [0.3, 0.4) is 0 Å². The molecule has 5 atom stereocenters. The maximum atomic E-state index is 13.9. The minimum atomic E-state index is -0.708. The Morgan fingerprint density at radius 3 is 2.02 bits per heavy atom. The summed E-state index contributed by atoms with van der Waals surface area (Å²) in [6, 6.07) is 20.9. The quantitative estimate of drug-likeness (QED) is 0.125. The second kappa shape index (κ2) is 15.9. The Hall–Kier alpha value is -6.28. The number of imidazole rings is 2. The lowest BCUT2D eigenvalue weighted by Gasteiger charge is -2.29. The summed E-state index contributed by atoms with van der Waals surface area (Å²) in [4.78, 5) is 71.4. The number of esters is 1. The molecular weight excluding hydrogens is 739 g/mol. The van der Waals surface area contributed by atoms with Gasteiger partial charge < -0.3 is 34.8 Å². The number of methoxy groups -OCH3 is 2. The van der Waals surface area contributed by atoms with Crippen LogP contribution in [0.25, 0.3) is 33.6 Å². The molecule has 1 saturated heterocycles. The number of aliphatic hydroxyl groups is 1. The molecule has 0 saturated carbocycles. The molecule has 0 aliphatic carbocycles. The van der Waals surface area contributed by atoms with Crippen molar-refractivity contribution in [3.63, 3.8) is 0 Å². The van der Waals surface area contributed by atoms with Crippen molar-refractivity contribution in [1.82, 2.24) is 30.2 Å². The molecule has 5 aromatic rings. The number of nitrogens with one attached hydrogen (secondary N) is 3. The average molecular weight is 786 g/mol. The van der Waals surface area contributed by atoms with Gasteiger partial charge in [-0.1, -0.05) is 80.6 Å². The Balaban J connectivity index is 0.957. The Morgan fingerprint density at radius 1 is 0.845 bits per heavy atom. The number of aromatic nitrogens is 4. The summed E-state index contributed by atoms with van der Waals surface area (Å²) in [6.07, 6.45) is 4.28. The molecule has 3 aliphatic heterocycles. The number of carbonyl (C=O) groups excluding carboxylic acids is 4. The molecule has 2 aromatic heterocycles. The molecule has 300 valence electrons. The van der Waals surface area contributed by atoms with Crippen LogP contribution in [0.2, 0.25) is 0 Å². The fourth-order valence-electron chi connectivity index (χ4n) is 8.58. The zero-order chi connectivity index (χ0) is 40.7. The van der Waals surface area contributed by atoms with Gasteiger partial charge in [-0.3, -0.25) is 19.3 Å². The smallest absolute Gasteiger partial charge is 0.407 e. The standard InChI is InChI=1S/C44H47N7O7/c1-24(2)32(20-38(53)57-3)42(54)50-23-31(52)19-36(50)40-45-21-34(47-40)27-12-8-25(9-13-27)26-10-14-28(15-11-26)35-22-46-41(48-35)37-18-30-7-5-6-29-16-17-33(49-44(56)58-4)43(55)51(37)39(29)30/h5-15,21-22,24,31-33,36-37,52H,16-20,23H2,1-4H3,(H,45,47)(H,46,48)(H,49,56)/t31-,32-,33-,36-,37-/m0/s1. The Kier molecular flexibility index (Phi) is 10.6. The highest BCUT2D eigenvalue weighted by atomic mass is 16.5. The van der Waals surface area contributed by atoms with Crippen LogP contribution < -0.4 is 10.2 Å². The van der Waals surface area contributed by atoms with Crippen molar-refractivity contribution in [2.24, 2.45) is 11.8 Å². The molecule has 14 nitrogen and oxygen atoms in total. The largest absolute Gasteiger partial charge is 0.469 e. The number of carbonyl (C=O) groups is 4. The lowest BCUT2D eigenvalue weighted by Crippen LogP contribution is -2.48. The third-order valence-corrected chi connectivity index (χ3v) is 11.7. The number of anilines is 1. The molecule has 0 bridgehead atoms. The van der Waals surface area contributed by atoms with E-state index >= 15 is 0 Å². The van der Waals surface area contributed by atoms with Crippen molar-refractivity contribution < 1.29 is 33.8 Å². The number of ether oxygens (including phenoxy) is 2. The van der Waals surface area contributed by atoms with Gasteiger partial charge in [0.2, 0.25) is 11.8 Å². The van der Waals surface area contributed by atoms with Gasteiger partial charge in [0.1, 0.15) is 17.7 Å². The fourth-order valence-corrected chi connectivity index (χ4v) is 8.58. The third kappa shape index (κ3) is 7.35. The highest BCUT2D eigenvalue weighted by molar-refractivity contribution is 6.02. The number of nitrogens with zero attached hydrogens (tertiary/aromatic N) is 4. The summed E-state index contributed by atoms with van der Waals surface area (Å²) in [5.41, 5.74) is 8.60. The van der Waals surface area contributed by atoms with Gasteiger partial charge in [0, 0.05) is 19.4 Å². The molecule has 58 heavy (non-hydrogen) atoms. The molecule has 14 heteroatoms. The van der Waals surface area contributed by atoms with E-state index in [0.717, 1.165) is 50.5 Å². The van der Waals surface area contributed by atoms with E-state index in [-0.39, 0.29) is 36.7 Å². The van der Waals surface area contributed by atoms with Gasteiger partial charge in [0.25, 0.3) is 0 Å². The normalized spacial score (nSPS) is 20.5. The number of benzene rings is 3. The van der Waals surface area contributed by atoms with E-state index in [1.165, 1.54) is 14.2 Å². The first-order chi connectivity index (χ1) is 28.0. The fraction of sp³-hybridized carbons (Fsp3) is 0.364. The van der Waals surface area contributed by atoms with Gasteiger partial charge in [-0.2, -0.15) is 0 Å². The summed E-state index contributed by atoms with van der Waals surface area (Å²) in [7, 11) is 2.60. The van der Waals surface area contributed by atoms with Crippen molar-refractivity contribution >= 4 is 29.6 Å². The Morgan fingerprint density at radius 2 is 1.43 bits per heavy atom. The summed E-state index contributed by atoms with van der Waals surface area (Å²) < 4.78 is 9.65. The highest BCUT2D eigenvalue weighted by Gasteiger charge is 2.43. The molecule has 0 radical (unpaired) electrons. The lowest BCUT2D eigenvalue weighted by atomic mass is 9.91. The molecular formula is C44H47N7O7. The first kappa shape index (κ1) is 38.6. The monoisotopic (exact) mass is 785 g/mol. The van der Waals surface area contributed by atoms with E-state index in [9.17, 15) is 24.3 Å². The topological polar surface area (TPSA) is 183 Å². The van der Waals surface area contributed by atoms with E-state index in [0.29, 0.717) is 37.3 Å². The van der Waals surface area contributed by atoms with Crippen LogP contribution >= 0.6 is 0 Å². The lowest BCUT2D eigenvalue weighted by molar-refractivity contribution is -0.148. The third-order valence-electron chi connectivity index (χ3n) is 11.7. The first-order valence-electron chi connectivity index (χ1n) is 19.7. The second-order valence-corrected chi connectivity index (χ2v) is 15.6. The number of likely N-dealkylation sites (tertiary alicyclic amines) is 1. The predicted octanol–water partition coefficient (Wildman–Crippen LogP) is 5.90. The number of aliphatic hydroxyl groups excluding tert-OH is 1. The summed E-state index contributed by atoms with van der Waals surface area (Å²) in [6.45, 7) is 3.98. The minimum Gasteiger partial charge on any atom is -0.469 e. The molecule has 3 aliphatic rings. The SMILES string of the molecule is COC(=O)C[C@H](C(=O)N1C[C@@H](O)C[C@H]1c1ncc(-c2ccc(-c3ccc(-c4cnc([C@@H]5Cc6cccc7c6N5C(=O)[C@@H](NC(=O)OC)CC7)[nH]4)cc3)cc2)[nH]1)C(C)C. The zero-order valence-electron chi connectivity index (χ0n) is 32.9. The van der Waals surface area contributed by atoms with Crippen molar-refractivity contribution in [1.29, 1.82) is 0 Å². The number of rotatable bonds is 10. The van der Waals surface area contributed by atoms with Crippen LogP contribution in [0.4, 0.5) is 10.5 Å². The molecule has 0 unspecified atom stereocenters. The van der Waals surface area contributed by atoms with E-state index in [4.69, 9.17) is 14.5 Å². The zero-order valence-corrected chi connectivity index (χ0v) is 32.9. The minimum absolute atomic E-state index is 0.0198. The van der Waals surface area contributed by atoms with Crippen LogP contribution in [-0.2, 0) is 36.7 Å². The number of aromatic amines is 2. The van der Waals surface area contributed by atoms with Crippen molar-refractivity contribution in [2.45, 2.75) is 70.2 Å². The van der Waals surface area contributed by atoms with E-state index in [1.54, 1.807) is 22.2 Å². The summed E-state index contributed by atoms with van der Waals surface area (Å²) >= 11 is 0. The number of para-hydroxylation sites is 1. The Labute approximate surface area is 336 Å². The van der Waals surface area contributed by atoms with E-state index < -0.39 is 36.2 Å². The van der Waals surface area contributed by atoms with Gasteiger partial charge in [-0.05, 0) is 52.1 Å². The van der Waals surface area contributed by atoms with Crippen LogP contribution in [0.1, 0.15) is 68.0 Å². The van der Waals surface area contributed by atoms with Crippen molar-refractivity contribution in [3.05, 3.63) is 102 Å². The maximum Gasteiger partial charge on any atom is 0.407 e. The van der Waals surface area contributed by atoms with Crippen molar-refractivity contribution in [2.75, 3.05) is 25.7 Å². The van der Waals surface area contributed by atoms with E-state index in [2.05, 4.69) is 32.4 Å². The predicted molar refractivity (Wildman–Crippen MR) is 215 cm³/mol. The Bertz CT molecular complexity index is 2330. The van der Waals surface area contributed by atoms with Crippen LogP contribution in [0, 0.1) is 11.8 Å². The first-order valence-corrected chi connectivity index (χ1v) is 19.7. The van der Waals surface area contributed by atoms with Crippen LogP contribution in [-0.4, -0.2) is 86.7 Å². The van der Waals surface area contributed by atoms with Gasteiger partial charge >= 0.3 is 12.1 Å². The molecule has 3 aromatic carbocycles. The van der Waals surface area contributed by atoms with Gasteiger partial charge in [-0.15, -0.1) is 0 Å². The number of aryl methyl sites for hydroxylation is 1. The highest BCUT2D eigenvalue weighted by Crippen LogP contribution is 2.45. The number of hydrogen-bond donors (Lipinski definition) is 4. The van der Waals surface area contributed by atoms with Gasteiger partial charge in [0.15, 0.2) is 0 Å². The molecule has 3 amide bonds. The van der Waals surface area contributed by atoms with E-state index in [1.807, 2.05) is 68.4 Å². The number of alkyl carbamates (subject to hydrolysis) is 1. The summed E-state index contributed by atoms with van der Waals surface area (Å²) in [5.74, 6) is -0.206. The molecule has 4 N–H and O–H groups in total. The number of H-pyrrole nitrogens is 2. The summed E-state index contributed by atoms with van der Waals surface area (Å²) in [5, 5.41) is 13.3. The van der Waals surface area contributed by atoms with Gasteiger partial charge in [0.05, 0.1) is 74.2 Å². The number of β-amino-alcohol motifs (C(OH)–C–C–N with tert-alkyl or cyclic N) is 1. The van der Waals surface area contributed by atoms with Crippen molar-refractivity contribution in [3.8, 4) is 33.6 Å². The number of amides is 3. The maximum absolute atomic E-state index is 13.9. The van der Waals surface area contributed by atoms with Gasteiger partial charge in [-0.25, -0.2) is 14.8 Å².